The standard InChI is InChI=1S/C24H26N4O4/c1-25-23-20(22-26-18-7-4-5-8-19(18)27-22)21(29)24(9-6-10-32-14-24)28(23)15-11-16(30-2)13-17(12-15)31-3/h4-5,7-8,11-13,25H,6,9-10,14H2,1-3H3,(H,26,27). The fourth-order valence-corrected chi connectivity index (χ4v) is 4.73. The van der Waals surface area contributed by atoms with Crippen LogP contribution in [0.25, 0.3) is 16.6 Å². The summed E-state index contributed by atoms with van der Waals surface area (Å²) in [6.07, 6.45) is 1.45. The molecule has 0 aliphatic carbocycles. The highest BCUT2D eigenvalue weighted by Gasteiger charge is 2.55. The van der Waals surface area contributed by atoms with Gasteiger partial charge in [-0.05, 0) is 25.0 Å². The van der Waals surface area contributed by atoms with E-state index in [2.05, 4.69) is 10.3 Å². The van der Waals surface area contributed by atoms with E-state index < -0.39 is 5.54 Å². The fourth-order valence-electron chi connectivity index (χ4n) is 4.73. The molecule has 3 aromatic rings. The van der Waals surface area contributed by atoms with Gasteiger partial charge < -0.3 is 29.4 Å². The van der Waals surface area contributed by atoms with Crippen LogP contribution in [-0.2, 0) is 9.53 Å². The maximum atomic E-state index is 14.1. The summed E-state index contributed by atoms with van der Waals surface area (Å²) in [6.45, 7) is 0.930. The van der Waals surface area contributed by atoms with Gasteiger partial charge in [-0.2, -0.15) is 0 Å². The van der Waals surface area contributed by atoms with Gasteiger partial charge >= 0.3 is 0 Å². The van der Waals surface area contributed by atoms with E-state index in [9.17, 15) is 4.79 Å². The molecular weight excluding hydrogens is 408 g/mol. The Labute approximate surface area is 186 Å². The number of aromatic nitrogens is 2. The normalized spacial score (nSPS) is 21.0. The largest absolute Gasteiger partial charge is 0.497 e. The van der Waals surface area contributed by atoms with Gasteiger partial charge in [-0.1, -0.05) is 12.1 Å². The minimum atomic E-state index is -0.873. The average molecular weight is 434 g/mol. The molecule has 1 saturated heterocycles. The number of imidazole rings is 1. The number of methoxy groups -OCH3 is 2. The van der Waals surface area contributed by atoms with Crippen molar-refractivity contribution in [3.05, 3.63) is 54.1 Å². The number of benzene rings is 2. The van der Waals surface area contributed by atoms with Crippen molar-refractivity contribution < 1.29 is 19.0 Å². The van der Waals surface area contributed by atoms with Gasteiger partial charge in [-0.15, -0.1) is 0 Å². The molecule has 5 rings (SSSR count). The van der Waals surface area contributed by atoms with E-state index in [1.165, 1.54) is 0 Å². The van der Waals surface area contributed by atoms with Gasteiger partial charge in [0.05, 0.1) is 37.5 Å². The Bertz CT molecular complexity index is 1150. The second-order valence-electron chi connectivity index (χ2n) is 8.00. The molecule has 3 heterocycles. The van der Waals surface area contributed by atoms with E-state index >= 15 is 0 Å². The van der Waals surface area contributed by atoms with Gasteiger partial charge in [-0.3, -0.25) is 4.79 Å². The molecule has 0 radical (unpaired) electrons. The van der Waals surface area contributed by atoms with E-state index in [4.69, 9.17) is 19.2 Å². The van der Waals surface area contributed by atoms with E-state index in [1.807, 2.05) is 54.4 Å². The van der Waals surface area contributed by atoms with Crippen LogP contribution in [0.2, 0.25) is 0 Å². The van der Waals surface area contributed by atoms with Gasteiger partial charge in [0.2, 0.25) is 0 Å². The molecule has 1 fully saturated rings. The number of ether oxygens (including phenoxy) is 3. The van der Waals surface area contributed by atoms with Gasteiger partial charge in [-0.25, -0.2) is 4.98 Å². The second-order valence-corrected chi connectivity index (χ2v) is 8.00. The van der Waals surface area contributed by atoms with Crippen molar-refractivity contribution in [1.29, 1.82) is 0 Å². The highest BCUT2D eigenvalue weighted by molar-refractivity contribution is 6.30. The quantitative estimate of drug-likeness (QED) is 0.638. The molecule has 1 spiro atoms. The summed E-state index contributed by atoms with van der Waals surface area (Å²) < 4.78 is 16.9. The van der Waals surface area contributed by atoms with Crippen molar-refractivity contribution in [2.75, 3.05) is 39.4 Å². The molecule has 0 bridgehead atoms. The lowest BCUT2D eigenvalue weighted by Gasteiger charge is -2.42. The summed E-state index contributed by atoms with van der Waals surface area (Å²) >= 11 is 0. The Morgan fingerprint density at radius 1 is 1.16 bits per heavy atom. The van der Waals surface area contributed by atoms with E-state index in [0.29, 0.717) is 48.4 Å². The molecule has 2 aliphatic heterocycles. The van der Waals surface area contributed by atoms with Crippen LogP contribution in [0.15, 0.2) is 48.3 Å². The van der Waals surface area contributed by atoms with Crippen LogP contribution in [0.4, 0.5) is 5.69 Å². The van der Waals surface area contributed by atoms with Crippen LogP contribution in [0.3, 0.4) is 0 Å². The number of nitrogens with one attached hydrogen (secondary N) is 2. The maximum Gasteiger partial charge on any atom is 0.198 e. The third-order valence-electron chi connectivity index (χ3n) is 6.22. The lowest BCUT2D eigenvalue weighted by Crippen LogP contribution is -2.56. The summed E-state index contributed by atoms with van der Waals surface area (Å²) in [6, 6.07) is 13.4. The Morgan fingerprint density at radius 2 is 1.91 bits per heavy atom. The van der Waals surface area contributed by atoms with Crippen molar-refractivity contribution in [3.8, 4) is 11.5 Å². The number of H-pyrrole nitrogens is 1. The predicted octanol–water partition coefficient (Wildman–Crippen LogP) is 3.11. The van der Waals surface area contributed by atoms with Crippen LogP contribution < -0.4 is 19.7 Å². The van der Waals surface area contributed by atoms with E-state index in [0.717, 1.165) is 23.1 Å². The number of fused-ring (bicyclic) bond motifs is 1. The first-order valence-corrected chi connectivity index (χ1v) is 10.6. The SMILES string of the molecule is CNC1=C(c2nc3ccccc3[nH]2)C(=O)C2(CCCOC2)N1c1cc(OC)cc(OC)c1. The van der Waals surface area contributed by atoms with Crippen molar-refractivity contribution >= 4 is 28.1 Å². The number of nitrogens with zero attached hydrogens (tertiary/aromatic N) is 2. The fraction of sp³-hybridized carbons (Fsp3) is 0.333. The zero-order chi connectivity index (χ0) is 22.3. The Balaban J connectivity index is 1.74. The summed E-state index contributed by atoms with van der Waals surface area (Å²) in [5, 5.41) is 3.27. The number of hydrogen-bond acceptors (Lipinski definition) is 7. The molecule has 1 aromatic heterocycles. The average Bonchev–Trinajstić information content (AvgIpc) is 3.36. The third-order valence-corrected chi connectivity index (χ3v) is 6.22. The van der Waals surface area contributed by atoms with Gasteiger partial charge in [0.15, 0.2) is 5.78 Å². The molecule has 2 aliphatic rings. The van der Waals surface area contributed by atoms with E-state index in [-0.39, 0.29) is 5.78 Å². The van der Waals surface area contributed by atoms with Crippen molar-refractivity contribution in [2.45, 2.75) is 18.4 Å². The molecule has 0 amide bonds. The predicted molar refractivity (Wildman–Crippen MR) is 122 cm³/mol. The van der Waals surface area contributed by atoms with Crippen LogP contribution >= 0.6 is 0 Å². The first kappa shape index (κ1) is 20.4. The van der Waals surface area contributed by atoms with Gasteiger partial charge in [0, 0.05) is 31.9 Å². The number of carbonyl (C=O) groups is 1. The molecule has 166 valence electrons. The second kappa shape index (κ2) is 7.87. The Hall–Kier alpha value is -3.52. The lowest BCUT2D eigenvalue weighted by molar-refractivity contribution is -0.122. The number of carbonyl (C=O) groups excluding carboxylic acids is 1. The zero-order valence-electron chi connectivity index (χ0n) is 18.4. The summed E-state index contributed by atoms with van der Waals surface area (Å²) in [7, 11) is 5.04. The van der Waals surface area contributed by atoms with Crippen LogP contribution in [0.1, 0.15) is 18.7 Å². The molecule has 8 nitrogen and oxygen atoms in total. The van der Waals surface area contributed by atoms with Crippen molar-refractivity contribution in [1.82, 2.24) is 15.3 Å². The molecular formula is C24H26N4O4. The number of Topliss-reactive ketones (excluding diaryl/α,β-unsaturated/α-hetero) is 1. The number of aromatic amines is 1. The number of ketones is 1. The van der Waals surface area contributed by atoms with Crippen LogP contribution in [0, 0.1) is 0 Å². The zero-order valence-corrected chi connectivity index (χ0v) is 18.4. The molecule has 8 heteroatoms. The van der Waals surface area contributed by atoms with Crippen LogP contribution in [-0.4, -0.2) is 55.8 Å². The Morgan fingerprint density at radius 3 is 2.53 bits per heavy atom. The Kier molecular flexibility index (Phi) is 5.01. The number of para-hydroxylation sites is 2. The lowest BCUT2D eigenvalue weighted by atomic mass is 9.85. The highest BCUT2D eigenvalue weighted by Crippen LogP contribution is 2.46. The number of rotatable bonds is 5. The number of hydrogen-bond donors (Lipinski definition) is 2. The van der Waals surface area contributed by atoms with Gasteiger partial charge in [0.1, 0.15) is 34.3 Å². The van der Waals surface area contributed by atoms with Crippen molar-refractivity contribution in [2.24, 2.45) is 0 Å². The summed E-state index contributed by atoms with van der Waals surface area (Å²) in [5.74, 6) is 2.50. The summed E-state index contributed by atoms with van der Waals surface area (Å²) in [5.41, 5.74) is 2.14. The third kappa shape index (κ3) is 3.02. The minimum absolute atomic E-state index is 0.0117. The van der Waals surface area contributed by atoms with E-state index in [1.54, 1.807) is 14.2 Å². The first-order valence-electron chi connectivity index (χ1n) is 10.6. The number of anilines is 1. The maximum absolute atomic E-state index is 14.1. The monoisotopic (exact) mass is 434 g/mol. The molecule has 1 unspecified atom stereocenters. The molecule has 32 heavy (non-hydrogen) atoms. The van der Waals surface area contributed by atoms with Gasteiger partial charge in [0.25, 0.3) is 0 Å². The minimum Gasteiger partial charge on any atom is -0.497 e. The smallest absolute Gasteiger partial charge is 0.198 e. The molecule has 2 aromatic carbocycles. The summed E-state index contributed by atoms with van der Waals surface area (Å²) in [4.78, 5) is 24.2. The molecule has 2 N–H and O–H groups in total. The topological polar surface area (TPSA) is 88.7 Å². The highest BCUT2D eigenvalue weighted by atomic mass is 16.5. The van der Waals surface area contributed by atoms with Crippen molar-refractivity contribution in [3.63, 3.8) is 0 Å². The molecule has 0 saturated carbocycles. The molecule has 1 atom stereocenters. The van der Waals surface area contributed by atoms with Crippen LogP contribution in [0.5, 0.6) is 11.5 Å². The first-order chi connectivity index (χ1) is 15.6.